The van der Waals surface area contributed by atoms with Gasteiger partial charge in [0, 0.05) is 17.0 Å². The number of rotatable bonds is 5. The molecule has 2 aliphatic carbocycles. The third-order valence-electron chi connectivity index (χ3n) is 9.74. The minimum Gasteiger partial charge on any atom is -0.505 e. The van der Waals surface area contributed by atoms with Gasteiger partial charge >= 0.3 is 0 Å². The van der Waals surface area contributed by atoms with Gasteiger partial charge < -0.3 is 5.11 Å². The Morgan fingerprint density at radius 3 is 2.24 bits per heavy atom. The zero-order valence-electron chi connectivity index (χ0n) is 23.8. The van der Waals surface area contributed by atoms with Crippen molar-refractivity contribution in [3.8, 4) is 5.75 Å². The molecule has 8 nitrogen and oxygen atoms in total. The van der Waals surface area contributed by atoms with E-state index in [1.807, 2.05) is 0 Å². The second kappa shape index (κ2) is 10.9. The molecule has 234 valence electrons. The number of benzene rings is 3. The molecule has 12 heteroatoms. The van der Waals surface area contributed by atoms with Crippen LogP contribution in [-0.4, -0.2) is 54.6 Å². The molecule has 0 radical (unpaired) electrons. The van der Waals surface area contributed by atoms with Crippen molar-refractivity contribution in [2.45, 2.75) is 28.5 Å². The Kier molecular flexibility index (Phi) is 7.26. The maximum atomic E-state index is 14.7. The number of anilines is 1. The maximum absolute atomic E-state index is 14.7. The lowest BCUT2D eigenvalue weighted by atomic mass is 9.56. The lowest BCUT2D eigenvalue weighted by Crippen LogP contribution is -2.60. The van der Waals surface area contributed by atoms with Gasteiger partial charge in [0.15, 0.2) is 27.1 Å². The Balaban J connectivity index is 1.28. The van der Waals surface area contributed by atoms with Crippen molar-refractivity contribution in [2.75, 3.05) is 10.4 Å². The fourth-order valence-corrected chi connectivity index (χ4v) is 9.03. The number of amides is 4. The quantitative estimate of drug-likeness (QED) is 0.119. The van der Waals surface area contributed by atoms with E-state index in [1.54, 1.807) is 60.7 Å². The SMILES string of the molecule is O=C(c1ccccc1)c1ccc(N2C(=O)[C@H]3[C@H](CC=C4[C@H]3C[C@@]3(Cl)C(=O)N(CBr)C(=O)[C@@]3(Cl)[C@H]4c3ccc(O)c(F)c3)C2=O)cc1. The molecular formula is C34H24BrCl2FN2O6. The van der Waals surface area contributed by atoms with Gasteiger partial charge in [0.05, 0.1) is 23.0 Å². The van der Waals surface area contributed by atoms with E-state index in [0.29, 0.717) is 16.7 Å². The van der Waals surface area contributed by atoms with Crippen LogP contribution in [0.15, 0.2) is 84.4 Å². The Bertz CT molecular complexity index is 1890. The molecule has 0 unspecified atom stereocenters. The number of fused-ring (bicyclic) bond motifs is 4. The van der Waals surface area contributed by atoms with Crippen molar-refractivity contribution in [3.63, 3.8) is 0 Å². The monoisotopic (exact) mass is 724 g/mol. The summed E-state index contributed by atoms with van der Waals surface area (Å²) >= 11 is 17.5. The van der Waals surface area contributed by atoms with Crippen LogP contribution in [0, 0.1) is 23.6 Å². The molecule has 0 aromatic heterocycles. The Labute approximate surface area is 280 Å². The standard InChI is InChI=1S/C34H24BrCl2FN2O6/c35-16-39-31(45)33(36)15-23-21(27(34(33,37)32(39)46)19-8-13-25(41)24(38)14-19)11-12-22-26(23)30(44)40(29(22)43)20-9-6-18(7-10-20)28(42)17-4-2-1-3-5-17/h1-11,13-14,22-23,26-27,41H,12,15-16H2/t22-,23+,26-,27-,33+,34-/m0/s1. The molecule has 6 atom stereocenters. The van der Waals surface area contributed by atoms with Crippen LogP contribution in [0.3, 0.4) is 0 Å². The number of carbonyl (C=O) groups is 5. The van der Waals surface area contributed by atoms with Crippen LogP contribution in [0.2, 0.25) is 0 Å². The van der Waals surface area contributed by atoms with Gasteiger partial charge in [-0.25, -0.2) is 4.39 Å². The van der Waals surface area contributed by atoms with Crippen LogP contribution in [-0.2, 0) is 19.2 Å². The van der Waals surface area contributed by atoms with Gasteiger partial charge in [0.2, 0.25) is 11.8 Å². The first kappa shape index (κ1) is 30.8. The van der Waals surface area contributed by atoms with E-state index < -0.39 is 68.6 Å². The molecule has 46 heavy (non-hydrogen) atoms. The highest BCUT2D eigenvalue weighted by molar-refractivity contribution is 9.09. The number of hydrogen-bond donors (Lipinski definition) is 1. The van der Waals surface area contributed by atoms with Gasteiger partial charge in [0.1, 0.15) is 0 Å². The molecule has 3 aromatic carbocycles. The van der Waals surface area contributed by atoms with Crippen LogP contribution in [0.4, 0.5) is 10.1 Å². The fourth-order valence-electron chi connectivity index (χ4n) is 7.60. The van der Waals surface area contributed by atoms with Crippen molar-refractivity contribution in [1.82, 2.24) is 4.90 Å². The first-order valence-corrected chi connectivity index (χ1v) is 16.4. The minimum absolute atomic E-state index is 0.131. The van der Waals surface area contributed by atoms with Crippen molar-refractivity contribution in [2.24, 2.45) is 17.8 Å². The summed E-state index contributed by atoms with van der Waals surface area (Å²) in [6.45, 7) is 0. The first-order valence-electron chi connectivity index (χ1n) is 14.5. The second-order valence-electron chi connectivity index (χ2n) is 12.0. The summed E-state index contributed by atoms with van der Waals surface area (Å²) in [7, 11) is 0. The zero-order valence-corrected chi connectivity index (χ0v) is 26.9. The summed E-state index contributed by atoms with van der Waals surface area (Å²) < 4.78 is 14.7. The topological polar surface area (TPSA) is 112 Å². The van der Waals surface area contributed by atoms with Crippen LogP contribution in [0.25, 0.3) is 0 Å². The number of alkyl halides is 3. The van der Waals surface area contributed by atoms with E-state index in [0.717, 1.165) is 21.9 Å². The van der Waals surface area contributed by atoms with E-state index in [2.05, 4.69) is 15.9 Å². The molecule has 1 N–H and O–H groups in total. The van der Waals surface area contributed by atoms with Gasteiger partial charge in [-0.2, -0.15) is 0 Å². The highest BCUT2D eigenvalue weighted by atomic mass is 79.9. The summed E-state index contributed by atoms with van der Waals surface area (Å²) in [6.07, 6.45) is 1.66. The third-order valence-corrected chi connectivity index (χ3v) is 11.7. The summed E-state index contributed by atoms with van der Waals surface area (Å²) in [5.41, 5.74) is 1.67. The summed E-state index contributed by atoms with van der Waals surface area (Å²) in [6, 6.07) is 18.5. The van der Waals surface area contributed by atoms with E-state index in [4.69, 9.17) is 23.2 Å². The molecule has 3 aromatic rings. The van der Waals surface area contributed by atoms with E-state index in [9.17, 15) is 33.5 Å². The molecule has 4 amide bonds. The van der Waals surface area contributed by atoms with Gasteiger partial charge in [-0.3, -0.25) is 33.8 Å². The largest absolute Gasteiger partial charge is 0.505 e. The summed E-state index contributed by atoms with van der Waals surface area (Å²) in [5, 5.41) is 9.89. The number of ketones is 1. The van der Waals surface area contributed by atoms with Crippen molar-refractivity contribution >= 4 is 74.2 Å². The van der Waals surface area contributed by atoms with Gasteiger partial charge in [0.25, 0.3) is 11.8 Å². The molecule has 4 aliphatic rings. The number of imide groups is 2. The lowest BCUT2D eigenvalue weighted by molar-refractivity contribution is -0.138. The Morgan fingerprint density at radius 1 is 0.913 bits per heavy atom. The smallest absolute Gasteiger partial charge is 0.254 e. The van der Waals surface area contributed by atoms with Crippen molar-refractivity contribution in [3.05, 3.63) is 107 Å². The van der Waals surface area contributed by atoms with Gasteiger partial charge in [-0.1, -0.05) is 64.0 Å². The van der Waals surface area contributed by atoms with Crippen LogP contribution < -0.4 is 4.90 Å². The average Bonchev–Trinajstić information content (AvgIpc) is 3.40. The number of carbonyl (C=O) groups excluding carboxylic acids is 5. The number of phenols is 1. The molecule has 1 saturated carbocycles. The van der Waals surface area contributed by atoms with Crippen molar-refractivity contribution in [1.29, 1.82) is 0 Å². The number of allylic oxidation sites excluding steroid dienone is 2. The van der Waals surface area contributed by atoms with Gasteiger partial charge in [-0.15, -0.1) is 23.2 Å². The van der Waals surface area contributed by atoms with Crippen LogP contribution >= 0.6 is 39.1 Å². The van der Waals surface area contributed by atoms with Gasteiger partial charge in [-0.05, 0) is 60.7 Å². The zero-order chi connectivity index (χ0) is 32.7. The van der Waals surface area contributed by atoms with E-state index >= 15 is 0 Å². The average molecular weight is 726 g/mol. The summed E-state index contributed by atoms with van der Waals surface area (Å²) in [4.78, 5) is 66.4. The minimum atomic E-state index is -2.08. The number of halogens is 4. The predicted molar refractivity (Wildman–Crippen MR) is 170 cm³/mol. The second-order valence-corrected chi connectivity index (χ2v) is 13.7. The number of likely N-dealkylation sites (tertiary alicyclic amines) is 1. The Morgan fingerprint density at radius 2 is 1.59 bits per heavy atom. The predicted octanol–water partition coefficient (Wildman–Crippen LogP) is 5.68. The third kappa shape index (κ3) is 4.12. The molecule has 2 aliphatic heterocycles. The molecular weight excluding hydrogens is 702 g/mol. The number of aromatic hydroxyl groups is 1. The Hall–Kier alpha value is -3.86. The highest BCUT2D eigenvalue weighted by Gasteiger charge is 2.76. The normalized spacial score (nSPS) is 30.2. The van der Waals surface area contributed by atoms with Crippen molar-refractivity contribution < 1.29 is 33.5 Å². The van der Waals surface area contributed by atoms with Crippen LogP contribution in [0.5, 0.6) is 5.75 Å². The van der Waals surface area contributed by atoms with E-state index in [1.165, 1.54) is 6.07 Å². The van der Waals surface area contributed by atoms with E-state index in [-0.39, 0.29) is 35.3 Å². The van der Waals surface area contributed by atoms with Crippen LogP contribution in [0.1, 0.15) is 40.2 Å². The number of hydrogen-bond acceptors (Lipinski definition) is 6. The first-order chi connectivity index (χ1) is 21.9. The fraction of sp³-hybridized carbons (Fsp3) is 0.265. The number of nitrogens with zero attached hydrogens (tertiary/aromatic N) is 2. The molecule has 0 bridgehead atoms. The molecule has 2 saturated heterocycles. The molecule has 7 rings (SSSR count). The number of phenolic OH excluding ortho intramolecular Hbond substituents is 1. The highest BCUT2D eigenvalue weighted by Crippen LogP contribution is 2.65. The molecule has 0 spiro atoms. The molecule has 3 fully saturated rings. The lowest BCUT2D eigenvalue weighted by Gasteiger charge is -2.50. The maximum Gasteiger partial charge on any atom is 0.254 e. The molecule has 2 heterocycles. The summed E-state index contributed by atoms with van der Waals surface area (Å²) in [5.74, 6) is -7.95.